The van der Waals surface area contributed by atoms with Crippen LogP contribution in [0.15, 0.2) is 22.7 Å². The highest BCUT2D eigenvalue weighted by molar-refractivity contribution is 9.10. The molecule has 0 aliphatic carbocycles. The highest BCUT2D eigenvalue weighted by atomic mass is 79.9. The summed E-state index contributed by atoms with van der Waals surface area (Å²) in [7, 11) is 0. The zero-order valence-electron chi connectivity index (χ0n) is 10.7. The molecule has 3 heterocycles. The first-order valence-corrected chi connectivity index (χ1v) is 7.51. The summed E-state index contributed by atoms with van der Waals surface area (Å²) in [5.41, 5.74) is 7.54. The second kappa shape index (κ2) is 4.53. The van der Waals surface area contributed by atoms with Crippen molar-refractivity contribution in [1.82, 2.24) is 20.2 Å². The van der Waals surface area contributed by atoms with Crippen LogP contribution in [0.1, 0.15) is 25.3 Å². The summed E-state index contributed by atoms with van der Waals surface area (Å²) in [4.78, 5) is 0. The molecule has 0 spiro atoms. The Morgan fingerprint density at radius 3 is 3.00 bits per heavy atom. The molecular weight excluding hydrogens is 322 g/mol. The lowest BCUT2D eigenvalue weighted by molar-refractivity contribution is 0.0922. The molecular formula is C13H14BrN5O. The van der Waals surface area contributed by atoms with Crippen molar-refractivity contribution in [3.63, 3.8) is 0 Å². The first kappa shape index (κ1) is 12.3. The van der Waals surface area contributed by atoms with Gasteiger partial charge in [-0.2, -0.15) is 0 Å². The Morgan fingerprint density at radius 2 is 2.25 bits per heavy atom. The molecule has 0 saturated carbocycles. The van der Waals surface area contributed by atoms with E-state index in [1.807, 2.05) is 22.9 Å². The first-order chi connectivity index (χ1) is 9.74. The van der Waals surface area contributed by atoms with Gasteiger partial charge in [-0.3, -0.25) is 0 Å². The number of fused-ring (bicyclic) bond motifs is 2. The molecule has 6 nitrogen and oxygen atoms in total. The van der Waals surface area contributed by atoms with Crippen LogP contribution in [-0.4, -0.2) is 32.4 Å². The Kier molecular flexibility index (Phi) is 2.78. The number of benzene rings is 1. The van der Waals surface area contributed by atoms with Crippen LogP contribution in [0, 0.1) is 0 Å². The molecule has 2 aliphatic heterocycles. The van der Waals surface area contributed by atoms with Crippen molar-refractivity contribution in [2.75, 3.05) is 5.73 Å². The largest absolute Gasteiger partial charge is 0.398 e. The molecule has 1 aromatic heterocycles. The number of ether oxygens (including phenoxy) is 1. The molecule has 2 aromatic rings. The Balaban J connectivity index is 1.77. The Bertz CT molecular complexity index is 658. The molecule has 2 N–H and O–H groups in total. The molecule has 3 atom stereocenters. The van der Waals surface area contributed by atoms with E-state index in [1.54, 1.807) is 0 Å². The van der Waals surface area contributed by atoms with E-state index >= 15 is 0 Å². The predicted octanol–water partition coefficient (Wildman–Crippen LogP) is 2.18. The molecule has 2 aliphatic rings. The van der Waals surface area contributed by atoms with Crippen molar-refractivity contribution in [1.29, 1.82) is 0 Å². The fraction of sp³-hybridized carbons (Fsp3) is 0.462. The second-order valence-electron chi connectivity index (χ2n) is 5.33. The zero-order chi connectivity index (χ0) is 13.7. The minimum absolute atomic E-state index is 0.229. The normalized spacial score (nSPS) is 28.1. The maximum atomic E-state index is 5.94. The number of halogens is 1. The van der Waals surface area contributed by atoms with Crippen molar-refractivity contribution in [3.05, 3.63) is 22.7 Å². The van der Waals surface area contributed by atoms with E-state index < -0.39 is 0 Å². The van der Waals surface area contributed by atoms with Crippen molar-refractivity contribution < 1.29 is 4.74 Å². The SMILES string of the molecule is Nc1cccc(-c2nnnn2C2CC3CCC2O3)c1Br. The van der Waals surface area contributed by atoms with Gasteiger partial charge >= 0.3 is 0 Å². The zero-order valence-corrected chi connectivity index (χ0v) is 12.3. The third-order valence-corrected chi connectivity index (χ3v) is 5.04. The van der Waals surface area contributed by atoms with Gasteiger partial charge in [-0.15, -0.1) is 5.10 Å². The molecule has 4 rings (SSSR count). The number of nitrogen functional groups attached to an aromatic ring is 1. The summed E-state index contributed by atoms with van der Waals surface area (Å²) >= 11 is 3.52. The lowest BCUT2D eigenvalue weighted by Gasteiger charge is -2.20. The number of anilines is 1. The van der Waals surface area contributed by atoms with E-state index in [4.69, 9.17) is 10.5 Å². The van der Waals surface area contributed by atoms with Gasteiger partial charge in [0, 0.05) is 11.3 Å². The van der Waals surface area contributed by atoms with Crippen LogP contribution < -0.4 is 5.73 Å². The summed E-state index contributed by atoms with van der Waals surface area (Å²) in [5.74, 6) is 0.741. The van der Waals surface area contributed by atoms with Crippen molar-refractivity contribution in [3.8, 4) is 11.4 Å². The third kappa shape index (κ3) is 1.76. The van der Waals surface area contributed by atoms with Crippen LogP contribution in [0.5, 0.6) is 0 Å². The number of hydrogen-bond donors (Lipinski definition) is 1. The summed E-state index contributed by atoms with van der Waals surface area (Å²) in [5, 5.41) is 12.2. The fourth-order valence-corrected chi connectivity index (χ4v) is 3.63. The lowest BCUT2D eigenvalue weighted by atomic mass is 9.95. The van der Waals surface area contributed by atoms with Gasteiger partial charge in [0.15, 0.2) is 5.82 Å². The topological polar surface area (TPSA) is 78.9 Å². The Hall–Kier alpha value is -1.47. The van der Waals surface area contributed by atoms with Crippen LogP contribution in [0.4, 0.5) is 5.69 Å². The van der Waals surface area contributed by atoms with Gasteiger partial charge in [0.05, 0.1) is 22.7 Å². The average Bonchev–Trinajstić information content (AvgIpc) is 3.15. The molecule has 20 heavy (non-hydrogen) atoms. The molecule has 2 bridgehead atoms. The monoisotopic (exact) mass is 335 g/mol. The summed E-state index contributed by atoms with van der Waals surface area (Å²) in [6.45, 7) is 0. The highest BCUT2D eigenvalue weighted by Crippen LogP contribution is 2.43. The minimum Gasteiger partial charge on any atom is -0.398 e. The fourth-order valence-electron chi connectivity index (χ4n) is 3.19. The average molecular weight is 336 g/mol. The third-order valence-electron chi connectivity index (χ3n) is 4.15. The van der Waals surface area contributed by atoms with Crippen molar-refractivity contribution in [2.45, 2.75) is 37.5 Å². The number of nitrogens with zero attached hydrogens (tertiary/aromatic N) is 4. The standard InChI is InChI=1S/C13H14BrN5O/c14-12-8(2-1-3-9(12)15)13-16-17-18-19(13)10-6-7-4-5-11(10)20-7/h1-3,7,10-11H,4-6,15H2. The summed E-state index contributed by atoms with van der Waals surface area (Å²) in [6, 6.07) is 5.96. The van der Waals surface area contributed by atoms with Gasteiger partial charge in [0.25, 0.3) is 0 Å². The number of aromatic nitrogens is 4. The van der Waals surface area contributed by atoms with E-state index in [-0.39, 0.29) is 12.1 Å². The van der Waals surface area contributed by atoms with Crippen LogP contribution in [0.3, 0.4) is 0 Å². The molecule has 0 radical (unpaired) electrons. The lowest BCUT2D eigenvalue weighted by Crippen LogP contribution is -2.23. The second-order valence-corrected chi connectivity index (χ2v) is 6.13. The molecule has 2 fully saturated rings. The number of tetrazole rings is 1. The van der Waals surface area contributed by atoms with E-state index in [2.05, 4.69) is 31.5 Å². The quantitative estimate of drug-likeness (QED) is 0.851. The van der Waals surface area contributed by atoms with Gasteiger partial charge in [0.2, 0.25) is 0 Å². The van der Waals surface area contributed by atoms with E-state index in [0.29, 0.717) is 11.8 Å². The van der Waals surface area contributed by atoms with Crippen LogP contribution in [0.25, 0.3) is 11.4 Å². The van der Waals surface area contributed by atoms with Crippen LogP contribution in [0.2, 0.25) is 0 Å². The van der Waals surface area contributed by atoms with Crippen molar-refractivity contribution >= 4 is 21.6 Å². The molecule has 0 amide bonds. The number of hydrogen-bond acceptors (Lipinski definition) is 5. The maximum absolute atomic E-state index is 5.94. The van der Waals surface area contributed by atoms with Crippen molar-refractivity contribution in [2.24, 2.45) is 0 Å². The van der Waals surface area contributed by atoms with Gasteiger partial charge in [-0.05, 0) is 57.8 Å². The van der Waals surface area contributed by atoms with E-state index in [9.17, 15) is 0 Å². The first-order valence-electron chi connectivity index (χ1n) is 6.71. The van der Waals surface area contributed by atoms with E-state index in [0.717, 1.165) is 35.1 Å². The predicted molar refractivity (Wildman–Crippen MR) is 76.9 cm³/mol. The molecule has 2 saturated heterocycles. The molecule has 1 aromatic carbocycles. The highest BCUT2D eigenvalue weighted by Gasteiger charge is 2.43. The van der Waals surface area contributed by atoms with Crippen LogP contribution >= 0.6 is 15.9 Å². The van der Waals surface area contributed by atoms with Gasteiger partial charge < -0.3 is 10.5 Å². The Labute approximate surface area is 124 Å². The molecule has 3 unspecified atom stereocenters. The van der Waals surface area contributed by atoms with Gasteiger partial charge in [0.1, 0.15) is 0 Å². The van der Waals surface area contributed by atoms with Gasteiger partial charge in [-0.1, -0.05) is 6.07 Å². The molecule has 7 heteroatoms. The molecule has 104 valence electrons. The smallest absolute Gasteiger partial charge is 0.183 e. The maximum Gasteiger partial charge on any atom is 0.183 e. The van der Waals surface area contributed by atoms with Crippen LogP contribution in [-0.2, 0) is 4.74 Å². The minimum atomic E-state index is 0.229. The summed E-state index contributed by atoms with van der Waals surface area (Å²) < 4.78 is 8.63. The van der Waals surface area contributed by atoms with E-state index in [1.165, 1.54) is 0 Å². The number of rotatable bonds is 2. The van der Waals surface area contributed by atoms with Gasteiger partial charge in [-0.25, -0.2) is 4.68 Å². The summed E-state index contributed by atoms with van der Waals surface area (Å²) in [6.07, 6.45) is 3.84. The Morgan fingerprint density at radius 1 is 1.35 bits per heavy atom. The number of nitrogens with two attached hydrogens (primary N) is 1.